The van der Waals surface area contributed by atoms with Crippen LogP contribution in [0.4, 0.5) is 5.69 Å². The fourth-order valence-electron chi connectivity index (χ4n) is 1.38. The highest BCUT2D eigenvalue weighted by atomic mass is 35.5. The first-order valence-electron chi connectivity index (χ1n) is 4.93. The summed E-state index contributed by atoms with van der Waals surface area (Å²) in [6.07, 6.45) is 0. The van der Waals surface area contributed by atoms with Gasteiger partial charge in [0.1, 0.15) is 5.75 Å². The molecule has 1 amide bonds. The quantitative estimate of drug-likeness (QED) is 0.872. The lowest BCUT2D eigenvalue weighted by Gasteiger charge is -2.08. The molecule has 0 saturated carbocycles. The molecule has 5 heteroatoms. The maximum atomic E-state index is 11.8. The third-order valence-electron chi connectivity index (χ3n) is 2.35. The number of aromatic hydroxyl groups is 1. The first-order valence-corrected chi connectivity index (χ1v) is 6.12. The molecule has 1 aromatic heterocycles. The summed E-state index contributed by atoms with van der Waals surface area (Å²) in [5.74, 6) is -0.0670. The lowest BCUT2D eigenvalue weighted by Crippen LogP contribution is -2.10. The van der Waals surface area contributed by atoms with Crippen molar-refractivity contribution in [1.29, 1.82) is 0 Å². The van der Waals surface area contributed by atoms with Crippen molar-refractivity contribution >= 4 is 34.5 Å². The summed E-state index contributed by atoms with van der Waals surface area (Å²) in [6.45, 7) is 1.74. The summed E-state index contributed by atoms with van der Waals surface area (Å²) < 4.78 is 0.572. The van der Waals surface area contributed by atoms with E-state index in [1.807, 2.05) is 0 Å². The topological polar surface area (TPSA) is 49.3 Å². The van der Waals surface area contributed by atoms with E-state index >= 15 is 0 Å². The van der Waals surface area contributed by atoms with Crippen molar-refractivity contribution in [1.82, 2.24) is 0 Å². The van der Waals surface area contributed by atoms with Gasteiger partial charge in [-0.15, -0.1) is 11.3 Å². The fraction of sp³-hybridized carbons (Fsp3) is 0.0833. The number of carbonyl (C=O) groups excluding carboxylic acids is 1. The molecule has 1 aromatic carbocycles. The predicted molar refractivity (Wildman–Crippen MR) is 70.1 cm³/mol. The van der Waals surface area contributed by atoms with Crippen molar-refractivity contribution in [2.45, 2.75) is 6.92 Å². The lowest BCUT2D eigenvalue weighted by atomic mass is 10.2. The second-order valence-corrected chi connectivity index (χ2v) is 5.22. The summed E-state index contributed by atoms with van der Waals surface area (Å²) in [5, 5.41) is 12.3. The molecule has 0 fully saturated rings. The summed E-state index contributed by atoms with van der Waals surface area (Å²) in [7, 11) is 0. The number of rotatable bonds is 2. The highest BCUT2D eigenvalue weighted by Gasteiger charge is 2.11. The maximum Gasteiger partial charge on any atom is 0.265 e. The van der Waals surface area contributed by atoms with Gasteiger partial charge in [0, 0.05) is 11.3 Å². The third-order valence-corrected chi connectivity index (χ3v) is 3.58. The Morgan fingerprint density at radius 2 is 2.12 bits per heavy atom. The Morgan fingerprint density at radius 1 is 1.35 bits per heavy atom. The van der Waals surface area contributed by atoms with Crippen molar-refractivity contribution in [2.75, 3.05) is 5.32 Å². The Kier molecular flexibility index (Phi) is 3.36. The number of amides is 1. The second kappa shape index (κ2) is 4.77. The molecule has 1 heterocycles. The van der Waals surface area contributed by atoms with Gasteiger partial charge in [0.05, 0.1) is 9.21 Å². The SMILES string of the molecule is Cc1c(O)cccc1NC(=O)c1ccc(Cl)s1. The van der Waals surface area contributed by atoms with E-state index in [9.17, 15) is 9.90 Å². The van der Waals surface area contributed by atoms with Gasteiger partial charge in [-0.25, -0.2) is 0 Å². The number of thiophene rings is 1. The first-order chi connectivity index (χ1) is 8.08. The monoisotopic (exact) mass is 267 g/mol. The molecule has 2 aromatic rings. The smallest absolute Gasteiger partial charge is 0.265 e. The van der Waals surface area contributed by atoms with Crippen LogP contribution in [0.3, 0.4) is 0 Å². The van der Waals surface area contributed by atoms with Crippen LogP contribution in [0.15, 0.2) is 30.3 Å². The minimum absolute atomic E-state index is 0.159. The van der Waals surface area contributed by atoms with Crippen LogP contribution in [0.25, 0.3) is 0 Å². The minimum Gasteiger partial charge on any atom is -0.508 e. The van der Waals surface area contributed by atoms with Crippen LogP contribution in [0.2, 0.25) is 4.34 Å². The molecular formula is C12H10ClNO2S. The van der Waals surface area contributed by atoms with Crippen LogP contribution in [0, 0.1) is 6.92 Å². The Bertz CT molecular complexity index is 565. The van der Waals surface area contributed by atoms with E-state index in [2.05, 4.69) is 5.32 Å². The van der Waals surface area contributed by atoms with Crippen molar-refractivity contribution in [3.63, 3.8) is 0 Å². The number of phenolic OH excluding ortho intramolecular Hbond substituents is 1. The van der Waals surface area contributed by atoms with Gasteiger partial charge in [-0.1, -0.05) is 17.7 Å². The van der Waals surface area contributed by atoms with Crippen molar-refractivity contribution in [3.05, 3.63) is 45.1 Å². The Labute approximate surface area is 108 Å². The zero-order valence-corrected chi connectivity index (χ0v) is 10.6. The molecule has 88 valence electrons. The van der Waals surface area contributed by atoms with Gasteiger partial charge in [-0.05, 0) is 31.2 Å². The van der Waals surface area contributed by atoms with Crippen LogP contribution in [-0.2, 0) is 0 Å². The standard InChI is InChI=1S/C12H10ClNO2S/c1-7-8(3-2-4-9(7)15)14-12(16)10-5-6-11(13)17-10/h2-6,15H,1H3,(H,14,16). The van der Waals surface area contributed by atoms with Crippen LogP contribution < -0.4 is 5.32 Å². The molecule has 0 aliphatic heterocycles. The molecule has 0 unspecified atom stereocenters. The highest BCUT2D eigenvalue weighted by molar-refractivity contribution is 7.18. The molecule has 2 rings (SSSR count). The predicted octanol–water partition coefficient (Wildman–Crippen LogP) is 3.67. The molecule has 0 aliphatic rings. The van der Waals surface area contributed by atoms with Gasteiger partial charge in [0.2, 0.25) is 0 Å². The molecule has 0 bridgehead atoms. The number of benzene rings is 1. The second-order valence-electron chi connectivity index (χ2n) is 3.51. The van der Waals surface area contributed by atoms with E-state index in [1.54, 1.807) is 37.3 Å². The number of anilines is 1. The molecule has 0 atom stereocenters. The Hall–Kier alpha value is -1.52. The summed E-state index contributed by atoms with van der Waals surface area (Å²) in [6, 6.07) is 8.34. The molecule has 2 N–H and O–H groups in total. The van der Waals surface area contributed by atoms with Crippen molar-refractivity contribution in [2.24, 2.45) is 0 Å². The van der Waals surface area contributed by atoms with E-state index in [-0.39, 0.29) is 11.7 Å². The van der Waals surface area contributed by atoms with Gasteiger partial charge in [0.25, 0.3) is 5.91 Å². The van der Waals surface area contributed by atoms with E-state index < -0.39 is 0 Å². The zero-order chi connectivity index (χ0) is 12.4. The van der Waals surface area contributed by atoms with Crippen molar-refractivity contribution in [3.8, 4) is 5.75 Å². The number of carbonyl (C=O) groups is 1. The molecular weight excluding hydrogens is 258 g/mol. The van der Waals surface area contributed by atoms with Gasteiger partial charge < -0.3 is 10.4 Å². The normalized spacial score (nSPS) is 10.2. The number of phenols is 1. The average molecular weight is 268 g/mol. The zero-order valence-electron chi connectivity index (χ0n) is 9.03. The first kappa shape index (κ1) is 12.0. The van der Waals surface area contributed by atoms with E-state index in [0.717, 1.165) is 0 Å². The van der Waals surface area contributed by atoms with Crippen molar-refractivity contribution < 1.29 is 9.90 Å². The van der Waals surface area contributed by atoms with E-state index in [0.29, 0.717) is 20.5 Å². The van der Waals surface area contributed by atoms with Crippen LogP contribution >= 0.6 is 22.9 Å². The van der Waals surface area contributed by atoms with E-state index in [1.165, 1.54) is 11.3 Å². The number of hydrogen-bond donors (Lipinski definition) is 2. The Morgan fingerprint density at radius 3 is 2.76 bits per heavy atom. The van der Waals surface area contributed by atoms with E-state index in [4.69, 9.17) is 11.6 Å². The molecule has 0 aliphatic carbocycles. The lowest BCUT2D eigenvalue weighted by molar-refractivity contribution is 0.103. The van der Waals surface area contributed by atoms with Crippen LogP contribution in [0.5, 0.6) is 5.75 Å². The van der Waals surface area contributed by atoms with Gasteiger partial charge in [-0.3, -0.25) is 4.79 Å². The molecule has 0 spiro atoms. The largest absolute Gasteiger partial charge is 0.508 e. The molecule has 0 radical (unpaired) electrons. The van der Waals surface area contributed by atoms with Crippen LogP contribution in [0.1, 0.15) is 15.2 Å². The average Bonchev–Trinajstić information content (AvgIpc) is 2.72. The number of halogens is 1. The summed E-state index contributed by atoms with van der Waals surface area (Å²) >= 11 is 6.98. The van der Waals surface area contributed by atoms with Gasteiger partial charge in [-0.2, -0.15) is 0 Å². The highest BCUT2D eigenvalue weighted by Crippen LogP contribution is 2.26. The maximum absolute atomic E-state index is 11.8. The summed E-state index contributed by atoms with van der Waals surface area (Å²) in [4.78, 5) is 12.4. The number of hydrogen-bond acceptors (Lipinski definition) is 3. The van der Waals surface area contributed by atoms with Crippen LogP contribution in [-0.4, -0.2) is 11.0 Å². The molecule has 3 nitrogen and oxygen atoms in total. The number of nitrogens with one attached hydrogen (secondary N) is 1. The van der Waals surface area contributed by atoms with Gasteiger partial charge in [0.15, 0.2) is 0 Å². The van der Waals surface area contributed by atoms with Gasteiger partial charge >= 0.3 is 0 Å². The molecule has 17 heavy (non-hydrogen) atoms. The fourth-order valence-corrected chi connectivity index (χ4v) is 2.32. The third kappa shape index (κ3) is 2.60. The summed E-state index contributed by atoms with van der Waals surface area (Å²) in [5.41, 5.74) is 1.24. The Balaban J connectivity index is 2.21. The molecule has 0 saturated heterocycles. The minimum atomic E-state index is -0.226.